The molecule has 78 valence electrons. The van der Waals surface area contributed by atoms with Gasteiger partial charge in [-0.1, -0.05) is 17.7 Å². The molecule has 0 bridgehead atoms. The highest BCUT2D eigenvalue weighted by Gasteiger charge is 2.00. The zero-order chi connectivity index (χ0) is 10.4. The van der Waals surface area contributed by atoms with Crippen LogP contribution in [0.4, 0.5) is 0 Å². The van der Waals surface area contributed by atoms with Crippen LogP contribution < -0.4 is 10.5 Å². The predicted octanol–water partition coefficient (Wildman–Crippen LogP) is 2.77. The minimum Gasteiger partial charge on any atom is -0.492 e. The average Bonchev–Trinajstić information content (AvgIpc) is 2.18. The molecule has 1 aromatic carbocycles. The molecule has 0 heterocycles. The second-order valence-corrected chi connectivity index (χ2v) is 3.69. The molecule has 0 amide bonds. The Morgan fingerprint density at radius 3 is 2.86 bits per heavy atom. The Morgan fingerprint density at radius 1 is 1.36 bits per heavy atom. The zero-order valence-corrected chi connectivity index (χ0v) is 9.18. The summed E-state index contributed by atoms with van der Waals surface area (Å²) in [5, 5.41) is 0.670. The SMILES string of the molecule is Cc1ccc(Cl)c(OCCCCN)c1. The number of aryl methyl sites for hydroxylation is 1. The van der Waals surface area contributed by atoms with Crippen LogP contribution in [0, 0.1) is 6.92 Å². The zero-order valence-electron chi connectivity index (χ0n) is 8.42. The Bertz CT molecular complexity index is 289. The first-order chi connectivity index (χ1) is 6.74. The van der Waals surface area contributed by atoms with Crippen LogP contribution in [0.5, 0.6) is 5.75 Å². The van der Waals surface area contributed by atoms with Crippen molar-refractivity contribution in [1.29, 1.82) is 0 Å². The van der Waals surface area contributed by atoms with E-state index in [2.05, 4.69) is 0 Å². The normalized spacial score (nSPS) is 10.2. The van der Waals surface area contributed by atoms with Gasteiger partial charge in [-0.15, -0.1) is 0 Å². The van der Waals surface area contributed by atoms with Crippen LogP contribution in [0.15, 0.2) is 18.2 Å². The fraction of sp³-hybridized carbons (Fsp3) is 0.455. The molecule has 0 aliphatic rings. The summed E-state index contributed by atoms with van der Waals surface area (Å²) in [6.07, 6.45) is 1.96. The molecule has 0 unspecified atom stereocenters. The molecule has 1 rings (SSSR count). The summed E-state index contributed by atoms with van der Waals surface area (Å²) in [6, 6.07) is 5.77. The van der Waals surface area contributed by atoms with Gasteiger partial charge in [-0.25, -0.2) is 0 Å². The van der Waals surface area contributed by atoms with Gasteiger partial charge in [0.05, 0.1) is 11.6 Å². The average molecular weight is 214 g/mol. The van der Waals surface area contributed by atoms with E-state index in [9.17, 15) is 0 Å². The maximum Gasteiger partial charge on any atom is 0.138 e. The van der Waals surface area contributed by atoms with Crippen molar-refractivity contribution in [3.63, 3.8) is 0 Å². The van der Waals surface area contributed by atoms with Crippen LogP contribution in [-0.4, -0.2) is 13.2 Å². The summed E-state index contributed by atoms with van der Waals surface area (Å²) in [5.74, 6) is 0.767. The van der Waals surface area contributed by atoms with E-state index in [0.29, 0.717) is 18.2 Å². The number of nitrogens with two attached hydrogens (primary N) is 1. The van der Waals surface area contributed by atoms with Gasteiger partial charge in [-0.05, 0) is 44.0 Å². The first-order valence-corrected chi connectivity index (χ1v) is 5.21. The number of hydrogen-bond donors (Lipinski definition) is 1. The van der Waals surface area contributed by atoms with Gasteiger partial charge in [-0.2, -0.15) is 0 Å². The van der Waals surface area contributed by atoms with E-state index < -0.39 is 0 Å². The molecule has 14 heavy (non-hydrogen) atoms. The van der Waals surface area contributed by atoms with Gasteiger partial charge in [0.25, 0.3) is 0 Å². The van der Waals surface area contributed by atoms with Crippen molar-refractivity contribution in [3.05, 3.63) is 28.8 Å². The molecule has 0 saturated heterocycles. The topological polar surface area (TPSA) is 35.2 Å². The van der Waals surface area contributed by atoms with Crippen LogP contribution >= 0.6 is 11.6 Å². The van der Waals surface area contributed by atoms with Gasteiger partial charge in [0, 0.05) is 0 Å². The van der Waals surface area contributed by atoms with Crippen molar-refractivity contribution in [1.82, 2.24) is 0 Å². The molecular formula is C11H16ClNO. The standard InChI is InChI=1S/C11H16ClNO/c1-9-4-5-10(12)11(8-9)14-7-3-2-6-13/h4-5,8H,2-3,6-7,13H2,1H3. The second-order valence-electron chi connectivity index (χ2n) is 3.28. The van der Waals surface area contributed by atoms with Gasteiger partial charge in [-0.3, -0.25) is 0 Å². The molecule has 2 N–H and O–H groups in total. The lowest BCUT2D eigenvalue weighted by Crippen LogP contribution is -2.03. The molecule has 2 nitrogen and oxygen atoms in total. The minimum atomic E-state index is 0.670. The lowest BCUT2D eigenvalue weighted by Gasteiger charge is -2.08. The Hall–Kier alpha value is -0.730. The van der Waals surface area contributed by atoms with E-state index >= 15 is 0 Å². The number of unbranched alkanes of at least 4 members (excludes halogenated alkanes) is 1. The summed E-state index contributed by atoms with van der Waals surface area (Å²) in [6.45, 7) is 3.41. The van der Waals surface area contributed by atoms with Crippen LogP contribution in [0.2, 0.25) is 5.02 Å². The summed E-state index contributed by atoms with van der Waals surface area (Å²) in [4.78, 5) is 0. The van der Waals surface area contributed by atoms with Gasteiger partial charge in [0.1, 0.15) is 5.75 Å². The number of halogens is 1. The molecule has 1 aromatic rings. The lowest BCUT2D eigenvalue weighted by atomic mass is 10.2. The first-order valence-electron chi connectivity index (χ1n) is 4.83. The molecule has 0 fully saturated rings. The Balaban J connectivity index is 2.45. The maximum atomic E-state index is 5.96. The molecule has 0 aromatic heterocycles. The monoisotopic (exact) mass is 213 g/mol. The summed E-state index contributed by atoms with van der Waals surface area (Å²) >= 11 is 5.96. The lowest BCUT2D eigenvalue weighted by molar-refractivity contribution is 0.308. The molecule has 0 radical (unpaired) electrons. The quantitative estimate of drug-likeness (QED) is 0.764. The highest BCUT2D eigenvalue weighted by Crippen LogP contribution is 2.25. The van der Waals surface area contributed by atoms with Crippen molar-refractivity contribution >= 4 is 11.6 Å². The molecule has 0 aliphatic carbocycles. The number of rotatable bonds is 5. The van der Waals surface area contributed by atoms with E-state index in [1.54, 1.807) is 0 Å². The third kappa shape index (κ3) is 3.56. The maximum absolute atomic E-state index is 5.96. The predicted molar refractivity (Wildman–Crippen MR) is 60.0 cm³/mol. The van der Waals surface area contributed by atoms with Gasteiger partial charge in [0.15, 0.2) is 0 Å². The van der Waals surface area contributed by atoms with Crippen molar-refractivity contribution in [3.8, 4) is 5.75 Å². The summed E-state index contributed by atoms with van der Waals surface area (Å²) in [7, 11) is 0. The first kappa shape index (κ1) is 11.3. The minimum absolute atomic E-state index is 0.670. The number of benzene rings is 1. The Kier molecular flexibility index (Phi) is 4.77. The van der Waals surface area contributed by atoms with E-state index in [1.165, 1.54) is 0 Å². The fourth-order valence-electron chi connectivity index (χ4n) is 1.15. The van der Waals surface area contributed by atoms with Crippen molar-refractivity contribution in [2.24, 2.45) is 5.73 Å². The Labute approximate surface area is 90.0 Å². The van der Waals surface area contributed by atoms with Crippen molar-refractivity contribution < 1.29 is 4.74 Å². The summed E-state index contributed by atoms with van der Waals surface area (Å²) < 4.78 is 5.53. The van der Waals surface area contributed by atoms with E-state index in [1.807, 2.05) is 25.1 Å². The highest BCUT2D eigenvalue weighted by molar-refractivity contribution is 6.32. The summed E-state index contributed by atoms with van der Waals surface area (Å²) in [5.41, 5.74) is 6.54. The number of hydrogen-bond acceptors (Lipinski definition) is 2. The fourth-order valence-corrected chi connectivity index (χ4v) is 1.32. The largest absolute Gasteiger partial charge is 0.492 e. The van der Waals surface area contributed by atoms with Crippen LogP contribution in [-0.2, 0) is 0 Å². The van der Waals surface area contributed by atoms with E-state index in [-0.39, 0.29) is 0 Å². The van der Waals surface area contributed by atoms with Gasteiger partial charge < -0.3 is 10.5 Å². The third-order valence-electron chi connectivity index (χ3n) is 1.94. The molecule has 0 saturated carbocycles. The third-order valence-corrected chi connectivity index (χ3v) is 2.25. The van der Waals surface area contributed by atoms with Crippen LogP contribution in [0.3, 0.4) is 0 Å². The second kappa shape index (κ2) is 5.89. The van der Waals surface area contributed by atoms with E-state index in [0.717, 1.165) is 24.2 Å². The van der Waals surface area contributed by atoms with Crippen LogP contribution in [0.25, 0.3) is 0 Å². The van der Waals surface area contributed by atoms with Crippen molar-refractivity contribution in [2.45, 2.75) is 19.8 Å². The van der Waals surface area contributed by atoms with Crippen LogP contribution in [0.1, 0.15) is 18.4 Å². The number of ether oxygens (including phenoxy) is 1. The molecule has 0 spiro atoms. The van der Waals surface area contributed by atoms with Gasteiger partial charge in [0.2, 0.25) is 0 Å². The molecule has 0 aliphatic heterocycles. The van der Waals surface area contributed by atoms with Gasteiger partial charge >= 0.3 is 0 Å². The molecule has 0 atom stereocenters. The smallest absolute Gasteiger partial charge is 0.138 e. The molecule has 3 heteroatoms. The van der Waals surface area contributed by atoms with E-state index in [4.69, 9.17) is 22.1 Å². The highest BCUT2D eigenvalue weighted by atomic mass is 35.5. The van der Waals surface area contributed by atoms with Crippen molar-refractivity contribution in [2.75, 3.05) is 13.2 Å². The molecular weight excluding hydrogens is 198 g/mol. The Morgan fingerprint density at radius 2 is 2.14 bits per heavy atom.